The van der Waals surface area contributed by atoms with Gasteiger partial charge in [0, 0.05) is 11.6 Å². The molecule has 0 radical (unpaired) electrons. The molecule has 0 bridgehead atoms. The van der Waals surface area contributed by atoms with Gasteiger partial charge in [0.1, 0.15) is 6.33 Å². The smallest absolute Gasteiger partial charge is 0.283 e. The van der Waals surface area contributed by atoms with Crippen LogP contribution in [0.15, 0.2) is 39.7 Å². The van der Waals surface area contributed by atoms with E-state index in [2.05, 4.69) is 37.9 Å². The number of nitro groups is 1. The minimum absolute atomic E-state index is 0.0123. The van der Waals surface area contributed by atoms with Crippen molar-refractivity contribution in [1.29, 1.82) is 0 Å². The number of H-pyrrole nitrogens is 1. The number of thiocarbonyl (C=S) groups is 1. The van der Waals surface area contributed by atoms with Crippen molar-refractivity contribution < 1.29 is 4.92 Å². The van der Waals surface area contributed by atoms with Crippen LogP contribution < -0.4 is 11.2 Å². The predicted octanol–water partition coefficient (Wildman–Crippen LogP) is 1.03. The van der Waals surface area contributed by atoms with Crippen LogP contribution in [0, 0.1) is 10.1 Å². The number of nitrogens with zero attached hydrogens (tertiary/aromatic N) is 4. The molecule has 1 aromatic carbocycles. The average molecular weight is 323 g/mol. The van der Waals surface area contributed by atoms with Gasteiger partial charge in [-0.05, 0) is 30.0 Å². The summed E-state index contributed by atoms with van der Waals surface area (Å²) in [6.45, 7) is 0. The van der Waals surface area contributed by atoms with E-state index in [0.29, 0.717) is 15.6 Å². The predicted molar refractivity (Wildman–Crippen MR) is 81.1 cm³/mol. The van der Waals surface area contributed by atoms with E-state index in [4.69, 9.17) is 5.73 Å². The lowest BCUT2D eigenvalue weighted by molar-refractivity contribution is -0.387. The summed E-state index contributed by atoms with van der Waals surface area (Å²) in [6, 6.07) is 4.67. The van der Waals surface area contributed by atoms with Gasteiger partial charge < -0.3 is 5.73 Å². The number of benzene rings is 1. The Morgan fingerprint density at radius 3 is 3.05 bits per heavy atom. The third-order valence-electron chi connectivity index (χ3n) is 2.17. The zero-order chi connectivity index (χ0) is 15.2. The lowest BCUT2D eigenvalue weighted by Crippen LogP contribution is -2.23. The Morgan fingerprint density at radius 2 is 2.43 bits per heavy atom. The summed E-state index contributed by atoms with van der Waals surface area (Å²) in [5, 5.41) is 21.7. The maximum atomic E-state index is 11.1. The van der Waals surface area contributed by atoms with Gasteiger partial charge >= 0.3 is 0 Å². The molecule has 0 unspecified atom stereocenters. The molecule has 21 heavy (non-hydrogen) atoms. The van der Waals surface area contributed by atoms with E-state index in [9.17, 15) is 10.1 Å². The summed E-state index contributed by atoms with van der Waals surface area (Å²) in [6.07, 6.45) is 2.71. The summed E-state index contributed by atoms with van der Waals surface area (Å²) in [4.78, 5) is 15.0. The monoisotopic (exact) mass is 323 g/mol. The standard InChI is InChI=1S/C10H9N7O2S2/c11-9(20)15-13-4-6-1-2-8(7(3-6)17(18)19)21-10-12-5-14-16-10/h1-5H,(H3,11,15,20)(H,12,14,16)/b13-4-. The number of nitrogens with two attached hydrogens (primary N) is 1. The van der Waals surface area contributed by atoms with E-state index < -0.39 is 4.92 Å². The SMILES string of the molecule is NC(=S)N/N=C\c1ccc(Sc2ncn[nH]2)c([N+](=O)[O-])c1. The normalized spacial score (nSPS) is 10.7. The highest BCUT2D eigenvalue weighted by molar-refractivity contribution is 7.99. The summed E-state index contributed by atoms with van der Waals surface area (Å²) >= 11 is 5.70. The summed E-state index contributed by atoms with van der Waals surface area (Å²) in [5.74, 6) is 0. The van der Waals surface area contributed by atoms with E-state index in [-0.39, 0.29) is 10.8 Å². The number of hydrazone groups is 1. The molecule has 0 aliphatic rings. The van der Waals surface area contributed by atoms with E-state index in [1.165, 1.54) is 18.6 Å². The minimum atomic E-state index is -0.475. The molecule has 0 amide bonds. The molecule has 0 saturated heterocycles. The highest BCUT2D eigenvalue weighted by Crippen LogP contribution is 2.33. The molecule has 0 saturated carbocycles. The zero-order valence-corrected chi connectivity index (χ0v) is 12.0. The van der Waals surface area contributed by atoms with Crippen molar-refractivity contribution in [2.45, 2.75) is 10.1 Å². The second-order valence-corrected chi connectivity index (χ2v) is 5.08. The van der Waals surface area contributed by atoms with Gasteiger partial charge in [-0.25, -0.2) is 4.98 Å². The van der Waals surface area contributed by atoms with Crippen LogP contribution >= 0.6 is 24.0 Å². The Morgan fingerprint density at radius 1 is 1.62 bits per heavy atom. The number of aromatic amines is 1. The molecule has 0 fully saturated rings. The molecular formula is C10H9N7O2S2. The molecule has 4 N–H and O–H groups in total. The number of aromatic nitrogens is 3. The fourth-order valence-corrected chi connectivity index (χ4v) is 2.20. The van der Waals surface area contributed by atoms with Gasteiger partial charge in [-0.3, -0.25) is 20.6 Å². The zero-order valence-electron chi connectivity index (χ0n) is 10.4. The van der Waals surface area contributed by atoms with Crippen molar-refractivity contribution in [3.8, 4) is 0 Å². The molecule has 1 aromatic heterocycles. The Hall–Kier alpha value is -2.53. The Balaban J connectivity index is 2.24. The van der Waals surface area contributed by atoms with Crippen LogP contribution in [0.25, 0.3) is 0 Å². The number of hydrogen-bond acceptors (Lipinski definition) is 7. The maximum Gasteiger partial charge on any atom is 0.283 e. The van der Waals surface area contributed by atoms with Gasteiger partial charge in [-0.15, -0.1) is 0 Å². The Labute approximate surface area is 128 Å². The molecule has 0 atom stereocenters. The highest BCUT2D eigenvalue weighted by atomic mass is 32.2. The van der Waals surface area contributed by atoms with Crippen molar-refractivity contribution in [2.24, 2.45) is 10.8 Å². The maximum absolute atomic E-state index is 11.1. The van der Waals surface area contributed by atoms with Crippen molar-refractivity contribution in [3.63, 3.8) is 0 Å². The molecular weight excluding hydrogens is 314 g/mol. The van der Waals surface area contributed by atoms with Gasteiger partial charge in [0.05, 0.1) is 16.0 Å². The fourth-order valence-electron chi connectivity index (χ4n) is 1.36. The Bertz CT molecular complexity index is 687. The van der Waals surface area contributed by atoms with Crippen LogP contribution in [0.4, 0.5) is 5.69 Å². The van der Waals surface area contributed by atoms with E-state index in [1.807, 2.05) is 0 Å². The number of hydrogen-bond donors (Lipinski definition) is 3. The first-order chi connectivity index (χ1) is 10.1. The number of rotatable bonds is 5. The molecule has 11 heteroatoms. The summed E-state index contributed by atoms with van der Waals surface area (Å²) < 4.78 is 0. The lowest BCUT2D eigenvalue weighted by Gasteiger charge is -2.01. The van der Waals surface area contributed by atoms with Crippen molar-refractivity contribution >= 4 is 41.0 Å². The molecule has 1 heterocycles. The van der Waals surface area contributed by atoms with Crippen LogP contribution in [0.1, 0.15) is 5.56 Å². The molecule has 0 spiro atoms. The third-order valence-corrected chi connectivity index (χ3v) is 3.21. The van der Waals surface area contributed by atoms with Gasteiger partial charge in [-0.1, -0.05) is 6.07 Å². The lowest BCUT2D eigenvalue weighted by atomic mass is 10.2. The first-order valence-corrected chi connectivity index (χ1v) is 6.69. The second-order valence-electron chi connectivity index (χ2n) is 3.61. The molecule has 2 aromatic rings. The van der Waals surface area contributed by atoms with Gasteiger partial charge in [0.25, 0.3) is 5.69 Å². The summed E-state index contributed by atoms with van der Waals surface area (Å²) in [7, 11) is 0. The highest BCUT2D eigenvalue weighted by Gasteiger charge is 2.16. The van der Waals surface area contributed by atoms with E-state index in [1.54, 1.807) is 12.1 Å². The van der Waals surface area contributed by atoms with Crippen LogP contribution in [-0.2, 0) is 0 Å². The van der Waals surface area contributed by atoms with Crippen molar-refractivity contribution in [1.82, 2.24) is 20.6 Å². The molecule has 0 aliphatic heterocycles. The largest absolute Gasteiger partial charge is 0.375 e. The van der Waals surface area contributed by atoms with Crippen LogP contribution in [0.5, 0.6) is 0 Å². The molecule has 108 valence electrons. The van der Waals surface area contributed by atoms with E-state index >= 15 is 0 Å². The topological polar surface area (TPSA) is 135 Å². The molecule has 9 nitrogen and oxygen atoms in total. The van der Waals surface area contributed by atoms with Crippen molar-refractivity contribution in [2.75, 3.05) is 0 Å². The van der Waals surface area contributed by atoms with Crippen LogP contribution in [-0.4, -0.2) is 31.4 Å². The minimum Gasteiger partial charge on any atom is -0.375 e. The summed E-state index contributed by atoms with van der Waals surface area (Å²) in [5.41, 5.74) is 8.06. The third kappa shape index (κ3) is 4.22. The molecule has 2 rings (SSSR count). The molecule has 0 aliphatic carbocycles. The Kier molecular flexibility index (Phi) is 4.79. The van der Waals surface area contributed by atoms with Crippen LogP contribution in [0.3, 0.4) is 0 Å². The van der Waals surface area contributed by atoms with Crippen LogP contribution in [0.2, 0.25) is 0 Å². The first kappa shape index (κ1) is 14.9. The fraction of sp³-hybridized carbons (Fsp3) is 0. The first-order valence-electron chi connectivity index (χ1n) is 5.46. The second kappa shape index (κ2) is 6.76. The number of nitrogens with one attached hydrogen (secondary N) is 2. The van der Waals surface area contributed by atoms with E-state index in [0.717, 1.165) is 11.8 Å². The average Bonchev–Trinajstić information content (AvgIpc) is 2.92. The van der Waals surface area contributed by atoms with Gasteiger partial charge in [-0.2, -0.15) is 10.2 Å². The number of nitro benzene ring substituents is 1. The quantitative estimate of drug-likeness (QED) is 0.321. The van der Waals surface area contributed by atoms with Gasteiger partial charge in [0.2, 0.25) is 0 Å². The van der Waals surface area contributed by atoms with Gasteiger partial charge in [0.15, 0.2) is 10.3 Å². The van der Waals surface area contributed by atoms with Crippen molar-refractivity contribution in [3.05, 3.63) is 40.2 Å².